The van der Waals surface area contributed by atoms with E-state index in [9.17, 15) is 4.79 Å². The molecule has 160 valence electrons. The SMILES string of the molecule is CC(CCCc1cccc(OCC(=O)O)c1)=NOC(c1ccccc1)c1cccnc1. The largest absolute Gasteiger partial charge is 0.482 e. The molecule has 0 aliphatic rings. The van der Waals surface area contributed by atoms with Gasteiger partial charge in [0.05, 0.1) is 5.71 Å². The van der Waals surface area contributed by atoms with Gasteiger partial charge < -0.3 is 14.7 Å². The minimum atomic E-state index is -0.989. The molecule has 31 heavy (non-hydrogen) atoms. The number of benzene rings is 2. The van der Waals surface area contributed by atoms with Gasteiger partial charge in [-0.05, 0) is 55.5 Å². The lowest BCUT2D eigenvalue weighted by Crippen LogP contribution is -2.09. The van der Waals surface area contributed by atoms with Crippen LogP contribution in [0.25, 0.3) is 0 Å². The zero-order valence-electron chi connectivity index (χ0n) is 17.5. The maximum atomic E-state index is 10.6. The highest BCUT2D eigenvalue weighted by Gasteiger charge is 2.15. The molecule has 0 saturated heterocycles. The van der Waals surface area contributed by atoms with Crippen LogP contribution >= 0.6 is 0 Å². The number of carboxylic acid groups (broad SMARTS) is 1. The predicted octanol–water partition coefficient (Wildman–Crippen LogP) is 5.05. The number of nitrogens with zero attached hydrogens (tertiary/aromatic N) is 2. The van der Waals surface area contributed by atoms with Gasteiger partial charge in [-0.25, -0.2) is 4.79 Å². The molecule has 1 heterocycles. The van der Waals surface area contributed by atoms with Crippen LogP contribution in [0.2, 0.25) is 0 Å². The van der Waals surface area contributed by atoms with Crippen LogP contribution in [0.1, 0.15) is 42.6 Å². The number of carboxylic acids is 1. The van der Waals surface area contributed by atoms with Crippen molar-refractivity contribution in [2.75, 3.05) is 6.61 Å². The van der Waals surface area contributed by atoms with E-state index >= 15 is 0 Å². The molecule has 0 amide bonds. The number of aromatic nitrogens is 1. The van der Waals surface area contributed by atoms with Gasteiger partial charge in [0.25, 0.3) is 0 Å². The molecule has 1 atom stereocenters. The first kappa shape index (κ1) is 22.0. The number of carbonyl (C=O) groups is 1. The summed E-state index contributed by atoms with van der Waals surface area (Å²) in [6, 6.07) is 21.3. The van der Waals surface area contributed by atoms with Gasteiger partial charge in [0.15, 0.2) is 12.7 Å². The zero-order chi connectivity index (χ0) is 21.9. The average Bonchev–Trinajstić information content (AvgIpc) is 2.79. The number of pyridine rings is 1. The van der Waals surface area contributed by atoms with Crippen molar-refractivity contribution in [3.63, 3.8) is 0 Å². The highest BCUT2D eigenvalue weighted by molar-refractivity contribution is 5.81. The number of oxime groups is 1. The molecule has 0 aliphatic heterocycles. The molecule has 3 rings (SSSR count). The van der Waals surface area contributed by atoms with Crippen LogP contribution in [-0.2, 0) is 16.1 Å². The molecule has 1 unspecified atom stereocenters. The number of hydrogen-bond acceptors (Lipinski definition) is 5. The van der Waals surface area contributed by atoms with E-state index in [0.29, 0.717) is 5.75 Å². The Kier molecular flexibility index (Phi) is 8.17. The fourth-order valence-electron chi connectivity index (χ4n) is 3.15. The van der Waals surface area contributed by atoms with E-state index in [-0.39, 0.29) is 12.7 Å². The summed E-state index contributed by atoms with van der Waals surface area (Å²) in [5.41, 5.74) is 3.96. The highest BCUT2D eigenvalue weighted by Crippen LogP contribution is 2.25. The highest BCUT2D eigenvalue weighted by atomic mass is 16.6. The fourth-order valence-corrected chi connectivity index (χ4v) is 3.15. The molecule has 3 aromatic rings. The summed E-state index contributed by atoms with van der Waals surface area (Å²) in [4.78, 5) is 20.8. The summed E-state index contributed by atoms with van der Waals surface area (Å²) >= 11 is 0. The Bertz CT molecular complexity index is 951. The molecular weight excluding hydrogens is 392 g/mol. The summed E-state index contributed by atoms with van der Waals surface area (Å²) in [6.07, 6.45) is 5.73. The van der Waals surface area contributed by atoms with Crippen molar-refractivity contribution < 1.29 is 19.5 Å². The first-order valence-electron chi connectivity index (χ1n) is 10.2. The van der Waals surface area contributed by atoms with E-state index in [1.165, 1.54) is 0 Å². The van der Waals surface area contributed by atoms with Gasteiger partial charge in [-0.3, -0.25) is 4.98 Å². The molecule has 6 heteroatoms. The van der Waals surface area contributed by atoms with Gasteiger partial charge in [-0.2, -0.15) is 0 Å². The van der Waals surface area contributed by atoms with Crippen LogP contribution in [0.3, 0.4) is 0 Å². The van der Waals surface area contributed by atoms with E-state index in [2.05, 4.69) is 10.1 Å². The summed E-state index contributed by atoms with van der Waals surface area (Å²) in [7, 11) is 0. The average molecular weight is 418 g/mol. The smallest absolute Gasteiger partial charge is 0.341 e. The molecule has 6 nitrogen and oxygen atoms in total. The molecule has 0 saturated carbocycles. The van der Waals surface area contributed by atoms with E-state index in [1.807, 2.05) is 67.6 Å². The van der Waals surface area contributed by atoms with Crippen molar-refractivity contribution in [2.24, 2.45) is 5.16 Å². The van der Waals surface area contributed by atoms with Crippen molar-refractivity contribution in [3.05, 3.63) is 95.8 Å². The van der Waals surface area contributed by atoms with Crippen molar-refractivity contribution >= 4 is 11.7 Å². The Hall–Kier alpha value is -3.67. The molecule has 0 radical (unpaired) electrons. The Morgan fingerprint density at radius 2 is 1.87 bits per heavy atom. The molecular formula is C25H26N2O4. The van der Waals surface area contributed by atoms with E-state index in [4.69, 9.17) is 14.7 Å². The zero-order valence-corrected chi connectivity index (χ0v) is 17.5. The van der Waals surface area contributed by atoms with E-state index < -0.39 is 5.97 Å². The minimum absolute atomic E-state index is 0.312. The van der Waals surface area contributed by atoms with E-state index in [1.54, 1.807) is 18.5 Å². The van der Waals surface area contributed by atoms with Gasteiger partial charge in [-0.1, -0.05) is 53.7 Å². The number of ether oxygens (including phenoxy) is 1. The Morgan fingerprint density at radius 1 is 1.06 bits per heavy atom. The van der Waals surface area contributed by atoms with Gasteiger partial charge in [0.2, 0.25) is 0 Å². The summed E-state index contributed by atoms with van der Waals surface area (Å²) in [5.74, 6) is -0.423. The molecule has 0 bridgehead atoms. The summed E-state index contributed by atoms with van der Waals surface area (Å²) < 4.78 is 5.24. The summed E-state index contributed by atoms with van der Waals surface area (Å²) in [6.45, 7) is 1.61. The lowest BCUT2D eigenvalue weighted by molar-refractivity contribution is -0.139. The number of rotatable bonds is 11. The van der Waals surface area contributed by atoms with Crippen molar-refractivity contribution in [1.82, 2.24) is 4.98 Å². The first-order valence-corrected chi connectivity index (χ1v) is 10.2. The van der Waals surface area contributed by atoms with Gasteiger partial charge >= 0.3 is 5.97 Å². The van der Waals surface area contributed by atoms with Crippen LogP contribution in [0, 0.1) is 0 Å². The second-order valence-corrected chi connectivity index (χ2v) is 7.19. The van der Waals surface area contributed by atoms with Crippen molar-refractivity contribution in [1.29, 1.82) is 0 Å². The van der Waals surface area contributed by atoms with E-state index in [0.717, 1.165) is 41.7 Å². The minimum Gasteiger partial charge on any atom is -0.482 e. The third-order valence-corrected chi connectivity index (χ3v) is 4.67. The molecule has 0 aliphatic carbocycles. The monoisotopic (exact) mass is 418 g/mol. The number of aryl methyl sites for hydroxylation is 1. The van der Waals surface area contributed by atoms with Gasteiger partial charge in [0, 0.05) is 18.0 Å². The number of hydrogen-bond donors (Lipinski definition) is 1. The molecule has 1 N–H and O–H groups in total. The lowest BCUT2D eigenvalue weighted by Gasteiger charge is -2.16. The maximum Gasteiger partial charge on any atom is 0.341 e. The Labute approximate surface area is 182 Å². The second-order valence-electron chi connectivity index (χ2n) is 7.19. The topological polar surface area (TPSA) is 81.0 Å². The normalized spacial score (nSPS) is 12.2. The Morgan fingerprint density at radius 3 is 2.61 bits per heavy atom. The second kappa shape index (κ2) is 11.5. The third kappa shape index (κ3) is 7.26. The Balaban J connectivity index is 1.56. The maximum absolute atomic E-state index is 10.6. The quantitative estimate of drug-likeness (QED) is 0.348. The summed E-state index contributed by atoms with van der Waals surface area (Å²) in [5, 5.41) is 13.1. The third-order valence-electron chi connectivity index (χ3n) is 4.67. The predicted molar refractivity (Wildman–Crippen MR) is 119 cm³/mol. The lowest BCUT2D eigenvalue weighted by atomic mass is 10.0. The molecule has 0 fully saturated rings. The van der Waals surface area contributed by atoms with Gasteiger partial charge in [0.1, 0.15) is 5.75 Å². The van der Waals surface area contributed by atoms with Crippen molar-refractivity contribution in [2.45, 2.75) is 32.3 Å². The van der Waals surface area contributed by atoms with Gasteiger partial charge in [-0.15, -0.1) is 0 Å². The van der Waals surface area contributed by atoms with Crippen LogP contribution < -0.4 is 4.74 Å². The molecule has 1 aromatic heterocycles. The molecule has 0 spiro atoms. The first-order chi connectivity index (χ1) is 15.1. The number of aliphatic carboxylic acids is 1. The van der Waals surface area contributed by atoms with Crippen molar-refractivity contribution in [3.8, 4) is 5.75 Å². The molecule has 2 aromatic carbocycles. The van der Waals surface area contributed by atoms with Crippen LogP contribution in [0.4, 0.5) is 0 Å². The van der Waals surface area contributed by atoms with Crippen LogP contribution in [-0.4, -0.2) is 28.4 Å². The standard InChI is InChI=1S/C25H26N2O4/c1-19(8-5-9-20-10-6-14-23(16-20)30-18-24(28)29)27-31-25(21-11-3-2-4-12-21)22-13-7-15-26-17-22/h2-4,6-7,10-17,25H,5,8-9,18H2,1H3,(H,28,29). The fraction of sp³-hybridized carbons (Fsp3) is 0.240. The van der Waals surface area contributed by atoms with Crippen LogP contribution in [0.5, 0.6) is 5.75 Å². The van der Waals surface area contributed by atoms with Crippen LogP contribution in [0.15, 0.2) is 84.3 Å².